The summed E-state index contributed by atoms with van der Waals surface area (Å²) < 4.78 is 5.20. The molecule has 3 aliphatic rings. The van der Waals surface area contributed by atoms with Gasteiger partial charge in [-0.2, -0.15) is 0 Å². The Balaban J connectivity index is 1.66. The molecule has 6 nitrogen and oxygen atoms in total. The highest BCUT2D eigenvalue weighted by atomic mass is 16.5. The van der Waals surface area contributed by atoms with Crippen molar-refractivity contribution in [2.24, 2.45) is 5.41 Å². The lowest BCUT2D eigenvalue weighted by Gasteiger charge is -2.47. The molecular formula is C25H34N2O4. The molecule has 0 spiro atoms. The largest absolute Gasteiger partial charge is 0.468 e. The van der Waals surface area contributed by atoms with E-state index in [4.69, 9.17) is 4.74 Å². The summed E-state index contributed by atoms with van der Waals surface area (Å²) in [5.41, 5.74) is -0.262. The minimum atomic E-state index is -1.41. The first-order valence-corrected chi connectivity index (χ1v) is 11.6. The topological polar surface area (TPSA) is 66.9 Å². The van der Waals surface area contributed by atoms with Gasteiger partial charge in [0, 0.05) is 37.1 Å². The number of likely N-dealkylation sites (tertiary alicyclic amines) is 1. The van der Waals surface area contributed by atoms with E-state index < -0.39 is 11.4 Å². The number of nitrogens with zero attached hydrogens (tertiary/aromatic N) is 2. The zero-order valence-electron chi connectivity index (χ0n) is 18.9. The van der Waals surface area contributed by atoms with Crippen LogP contribution in [0.4, 0.5) is 0 Å². The molecule has 168 valence electrons. The Hall–Kier alpha value is -2.21. The summed E-state index contributed by atoms with van der Waals surface area (Å²) in [5, 5.41) is 0. The highest BCUT2D eigenvalue weighted by Gasteiger charge is 2.62. The van der Waals surface area contributed by atoms with E-state index in [1.54, 1.807) is 0 Å². The van der Waals surface area contributed by atoms with Crippen LogP contribution < -0.4 is 0 Å². The highest BCUT2D eigenvalue weighted by molar-refractivity contribution is 6.08. The van der Waals surface area contributed by atoms with Gasteiger partial charge in [0.1, 0.15) is 0 Å². The number of fused-ring (bicyclic) bond motifs is 2. The van der Waals surface area contributed by atoms with Crippen molar-refractivity contribution in [2.45, 2.75) is 89.5 Å². The number of carbonyl (C=O) groups is 3. The Morgan fingerprint density at radius 3 is 2.39 bits per heavy atom. The van der Waals surface area contributed by atoms with Gasteiger partial charge < -0.3 is 9.64 Å². The molecule has 5 atom stereocenters. The molecule has 2 bridgehead atoms. The summed E-state index contributed by atoms with van der Waals surface area (Å²) in [5.74, 6) is -0.767. The van der Waals surface area contributed by atoms with Crippen LogP contribution in [0.25, 0.3) is 0 Å². The van der Waals surface area contributed by atoms with Gasteiger partial charge in [-0.25, -0.2) is 0 Å². The van der Waals surface area contributed by atoms with Crippen LogP contribution in [0.15, 0.2) is 30.3 Å². The zero-order valence-corrected chi connectivity index (χ0v) is 18.9. The molecule has 3 fully saturated rings. The van der Waals surface area contributed by atoms with E-state index in [0.29, 0.717) is 13.0 Å². The van der Waals surface area contributed by atoms with Gasteiger partial charge in [-0.3, -0.25) is 19.3 Å². The fourth-order valence-corrected chi connectivity index (χ4v) is 6.26. The van der Waals surface area contributed by atoms with E-state index in [-0.39, 0.29) is 42.3 Å². The molecule has 0 aliphatic carbocycles. The van der Waals surface area contributed by atoms with Gasteiger partial charge in [0.2, 0.25) is 5.91 Å². The molecular weight excluding hydrogens is 392 g/mol. The van der Waals surface area contributed by atoms with Crippen molar-refractivity contribution in [3.05, 3.63) is 35.9 Å². The van der Waals surface area contributed by atoms with Gasteiger partial charge in [0.25, 0.3) is 0 Å². The van der Waals surface area contributed by atoms with Crippen molar-refractivity contribution >= 4 is 17.7 Å². The predicted octanol–water partition coefficient (Wildman–Crippen LogP) is 3.33. The van der Waals surface area contributed by atoms with Crippen molar-refractivity contribution in [1.29, 1.82) is 0 Å². The molecule has 3 heterocycles. The first kappa shape index (κ1) is 22.0. The second-order valence-corrected chi connectivity index (χ2v) is 9.60. The quantitative estimate of drug-likeness (QED) is 0.534. The number of Topliss-reactive ketones (excluding diaryl/α,β-unsaturated/α-hetero) is 1. The number of benzene rings is 1. The number of amides is 1. The number of rotatable bonds is 5. The second-order valence-electron chi connectivity index (χ2n) is 9.60. The van der Waals surface area contributed by atoms with Gasteiger partial charge in [-0.15, -0.1) is 0 Å². The van der Waals surface area contributed by atoms with E-state index in [2.05, 4.69) is 30.9 Å². The normalized spacial score (nSPS) is 33.4. The third kappa shape index (κ3) is 3.79. The summed E-state index contributed by atoms with van der Waals surface area (Å²) >= 11 is 0. The summed E-state index contributed by atoms with van der Waals surface area (Å²) in [4.78, 5) is 44.4. The molecule has 0 aromatic heterocycles. The maximum Gasteiger partial charge on any atom is 0.321 e. The molecule has 3 saturated heterocycles. The summed E-state index contributed by atoms with van der Waals surface area (Å²) in [7, 11) is 1.33. The lowest BCUT2D eigenvalue weighted by molar-refractivity contribution is -0.172. The summed E-state index contributed by atoms with van der Waals surface area (Å²) in [6.45, 7) is 4.80. The monoisotopic (exact) mass is 426 g/mol. The molecule has 1 amide bonds. The van der Waals surface area contributed by atoms with E-state index in [1.165, 1.54) is 7.11 Å². The molecule has 3 aliphatic heterocycles. The van der Waals surface area contributed by atoms with Gasteiger partial charge in [-0.05, 0) is 51.5 Å². The lowest BCUT2D eigenvalue weighted by atomic mass is 9.69. The van der Waals surface area contributed by atoms with Crippen LogP contribution in [0.1, 0.15) is 64.4 Å². The van der Waals surface area contributed by atoms with E-state index in [0.717, 1.165) is 37.7 Å². The van der Waals surface area contributed by atoms with Crippen molar-refractivity contribution in [2.75, 3.05) is 7.11 Å². The predicted molar refractivity (Wildman–Crippen MR) is 117 cm³/mol. The van der Waals surface area contributed by atoms with Crippen LogP contribution in [-0.2, 0) is 25.7 Å². The first-order valence-electron chi connectivity index (χ1n) is 11.6. The van der Waals surface area contributed by atoms with E-state index in [9.17, 15) is 14.4 Å². The molecule has 6 heteroatoms. The summed E-state index contributed by atoms with van der Waals surface area (Å²) in [6.07, 6.45) is 4.83. The first-order chi connectivity index (χ1) is 14.9. The molecule has 0 saturated carbocycles. The number of esters is 1. The fraction of sp³-hybridized carbons (Fsp3) is 0.640. The van der Waals surface area contributed by atoms with Crippen molar-refractivity contribution < 1.29 is 19.1 Å². The maximum absolute atomic E-state index is 13.5. The Labute approximate surface area is 184 Å². The summed E-state index contributed by atoms with van der Waals surface area (Å²) in [6, 6.07) is 10.2. The lowest BCUT2D eigenvalue weighted by Crippen LogP contribution is -2.62. The van der Waals surface area contributed by atoms with Gasteiger partial charge in [-0.1, -0.05) is 30.3 Å². The minimum Gasteiger partial charge on any atom is -0.468 e. The molecule has 0 N–H and O–H groups in total. The molecule has 0 radical (unpaired) electrons. The van der Waals surface area contributed by atoms with Gasteiger partial charge >= 0.3 is 5.97 Å². The molecule has 4 rings (SSSR count). The molecule has 31 heavy (non-hydrogen) atoms. The van der Waals surface area contributed by atoms with E-state index in [1.807, 2.05) is 23.1 Å². The SMILES string of the molecule is COC(=O)[C@]1(CC(=O)N2[C@H](C)CCC[C@@H]2C)C(=O)C[C@H]2CC[C@H]1N2Cc1ccccc1. The Morgan fingerprint density at radius 2 is 1.74 bits per heavy atom. The zero-order chi connectivity index (χ0) is 22.2. The van der Waals surface area contributed by atoms with Crippen LogP contribution in [0, 0.1) is 5.41 Å². The van der Waals surface area contributed by atoms with Crippen molar-refractivity contribution in [3.63, 3.8) is 0 Å². The number of methoxy groups -OCH3 is 1. The maximum atomic E-state index is 13.5. The number of piperidine rings is 2. The molecule has 1 aromatic carbocycles. The average molecular weight is 427 g/mol. The van der Waals surface area contributed by atoms with Crippen LogP contribution in [0.3, 0.4) is 0 Å². The number of hydrogen-bond donors (Lipinski definition) is 0. The van der Waals surface area contributed by atoms with Crippen LogP contribution >= 0.6 is 0 Å². The highest BCUT2D eigenvalue weighted by Crippen LogP contribution is 2.48. The molecule has 1 aromatic rings. The Bertz CT molecular complexity index is 831. The van der Waals surface area contributed by atoms with Crippen LogP contribution in [0.2, 0.25) is 0 Å². The number of ketones is 1. The fourth-order valence-electron chi connectivity index (χ4n) is 6.26. The second kappa shape index (κ2) is 8.73. The van der Waals surface area contributed by atoms with Crippen LogP contribution in [-0.4, -0.2) is 58.7 Å². The number of hydrogen-bond acceptors (Lipinski definition) is 5. The number of ether oxygens (including phenoxy) is 1. The van der Waals surface area contributed by atoms with E-state index >= 15 is 0 Å². The number of carbonyl (C=O) groups excluding carboxylic acids is 3. The van der Waals surface area contributed by atoms with Gasteiger partial charge in [0.15, 0.2) is 11.2 Å². The van der Waals surface area contributed by atoms with Gasteiger partial charge in [0.05, 0.1) is 13.5 Å². The third-order valence-electron chi connectivity index (χ3n) is 7.80. The average Bonchev–Trinajstić information content (AvgIpc) is 3.07. The van der Waals surface area contributed by atoms with Crippen LogP contribution in [0.5, 0.6) is 0 Å². The minimum absolute atomic E-state index is 0.0874. The van der Waals surface area contributed by atoms with Crippen molar-refractivity contribution in [1.82, 2.24) is 9.80 Å². The smallest absolute Gasteiger partial charge is 0.321 e. The van der Waals surface area contributed by atoms with Crippen molar-refractivity contribution in [3.8, 4) is 0 Å². The standard InChI is InChI=1S/C25H34N2O4/c1-17-8-7-9-18(2)27(17)23(29)15-25(24(30)31-3)21-13-12-20(14-22(25)28)26(21)16-19-10-5-4-6-11-19/h4-6,10-11,17-18,20-21H,7-9,12-16H2,1-3H3/t17-,18+,20-,21-,25+/m1/s1. The Morgan fingerprint density at radius 1 is 1.06 bits per heavy atom. The Kier molecular flexibility index (Phi) is 6.20. The molecule has 0 unspecified atom stereocenters. The third-order valence-corrected chi connectivity index (χ3v) is 7.80.